The van der Waals surface area contributed by atoms with E-state index in [9.17, 15) is 17.9 Å². The van der Waals surface area contributed by atoms with Crippen LogP contribution in [0.2, 0.25) is 0 Å². The summed E-state index contributed by atoms with van der Waals surface area (Å²) in [5.74, 6) is -0.293. The number of aryl methyl sites for hydroxylation is 1. The van der Waals surface area contributed by atoms with Gasteiger partial charge in [-0.25, -0.2) is 17.8 Å². The average Bonchev–Trinajstić information content (AvgIpc) is 2.61. The van der Waals surface area contributed by atoms with Crippen molar-refractivity contribution in [1.82, 2.24) is 14.7 Å². The molecule has 0 aliphatic carbocycles. The number of sulfonamides is 1. The highest BCUT2D eigenvalue weighted by atomic mass is 32.2. The lowest BCUT2D eigenvalue weighted by Crippen LogP contribution is -2.41. The molecule has 1 atom stereocenters. The Balaban J connectivity index is 2.37. The largest absolute Gasteiger partial charge is 0.480 e. The lowest BCUT2D eigenvalue weighted by Gasteiger charge is -2.24. The SMILES string of the molecule is COc1nc(C)ncc1S(=O)(=O)NC(O)Nc1c(C(C)C)cc(F)cc1C(C)C. The van der Waals surface area contributed by atoms with Gasteiger partial charge in [0.15, 0.2) is 11.2 Å². The van der Waals surface area contributed by atoms with Crippen molar-refractivity contribution in [2.75, 3.05) is 12.4 Å². The van der Waals surface area contributed by atoms with Gasteiger partial charge >= 0.3 is 0 Å². The van der Waals surface area contributed by atoms with Crippen LogP contribution in [0.5, 0.6) is 5.88 Å². The summed E-state index contributed by atoms with van der Waals surface area (Å²) < 4.78 is 46.6. The van der Waals surface area contributed by atoms with Crippen molar-refractivity contribution in [3.8, 4) is 5.88 Å². The molecular formula is C19H27FN4O4S. The van der Waals surface area contributed by atoms with Crippen LogP contribution in [0, 0.1) is 12.7 Å². The molecular weight excluding hydrogens is 399 g/mol. The summed E-state index contributed by atoms with van der Waals surface area (Å²) in [6.45, 7) is 9.13. The van der Waals surface area contributed by atoms with E-state index < -0.39 is 16.4 Å². The predicted octanol–water partition coefficient (Wildman–Crippen LogP) is 2.85. The lowest BCUT2D eigenvalue weighted by molar-refractivity contribution is 0.192. The number of hydrogen-bond acceptors (Lipinski definition) is 7. The molecule has 0 aliphatic heterocycles. The molecule has 8 nitrogen and oxygen atoms in total. The fourth-order valence-electron chi connectivity index (χ4n) is 2.87. The number of ether oxygens (including phenoxy) is 1. The Morgan fingerprint density at radius 1 is 1.14 bits per heavy atom. The predicted molar refractivity (Wildman–Crippen MR) is 108 cm³/mol. The van der Waals surface area contributed by atoms with Gasteiger partial charge in [-0.2, -0.15) is 9.71 Å². The Bertz CT molecular complexity index is 951. The van der Waals surface area contributed by atoms with E-state index in [1.165, 1.54) is 19.2 Å². The van der Waals surface area contributed by atoms with Crippen molar-refractivity contribution in [3.63, 3.8) is 0 Å². The van der Waals surface area contributed by atoms with E-state index in [4.69, 9.17) is 4.74 Å². The molecule has 0 saturated carbocycles. The van der Waals surface area contributed by atoms with Gasteiger partial charge in [0.1, 0.15) is 11.6 Å². The van der Waals surface area contributed by atoms with Crippen molar-refractivity contribution >= 4 is 15.7 Å². The van der Waals surface area contributed by atoms with Crippen molar-refractivity contribution < 1.29 is 22.7 Å². The van der Waals surface area contributed by atoms with Crippen LogP contribution in [0.4, 0.5) is 10.1 Å². The lowest BCUT2D eigenvalue weighted by atomic mass is 9.92. The Morgan fingerprint density at radius 3 is 2.17 bits per heavy atom. The first kappa shape index (κ1) is 23.0. The van der Waals surface area contributed by atoms with Crippen LogP contribution < -0.4 is 14.8 Å². The number of hydrogen-bond donors (Lipinski definition) is 3. The van der Waals surface area contributed by atoms with E-state index in [0.29, 0.717) is 22.6 Å². The summed E-state index contributed by atoms with van der Waals surface area (Å²) in [4.78, 5) is 7.51. The van der Waals surface area contributed by atoms with Gasteiger partial charge in [-0.1, -0.05) is 27.7 Å². The number of benzene rings is 1. The van der Waals surface area contributed by atoms with Crippen LogP contribution in [0.25, 0.3) is 0 Å². The molecule has 0 amide bonds. The number of nitrogens with zero attached hydrogens (tertiary/aromatic N) is 2. The van der Waals surface area contributed by atoms with E-state index in [-0.39, 0.29) is 28.4 Å². The zero-order valence-electron chi connectivity index (χ0n) is 17.3. The molecule has 1 aromatic heterocycles. The zero-order chi connectivity index (χ0) is 21.9. The highest BCUT2D eigenvalue weighted by Crippen LogP contribution is 2.34. The summed E-state index contributed by atoms with van der Waals surface area (Å²) in [5.41, 5.74) is 1.74. The van der Waals surface area contributed by atoms with Gasteiger partial charge in [0.2, 0.25) is 5.88 Å². The number of methoxy groups -OCH3 is 1. The monoisotopic (exact) mass is 426 g/mol. The van der Waals surface area contributed by atoms with Crippen LogP contribution in [0.15, 0.2) is 23.2 Å². The van der Waals surface area contributed by atoms with Gasteiger partial charge in [-0.05, 0) is 42.0 Å². The summed E-state index contributed by atoms with van der Waals surface area (Å²) in [6.07, 6.45) is -0.570. The van der Waals surface area contributed by atoms with Gasteiger partial charge in [0, 0.05) is 5.69 Å². The maximum absolute atomic E-state index is 14.0. The van der Waals surface area contributed by atoms with Gasteiger partial charge in [-0.15, -0.1) is 0 Å². The molecule has 0 saturated heterocycles. The first-order valence-electron chi connectivity index (χ1n) is 9.14. The van der Waals surface area contributed by atoms with Gasteiger partial charge < -0.3 is 15.2 Å². The van der Waals surface area contributed by atoms with Crippen LogP contribution in [0.3, 0.4) is 0 Å². The molecule has 0 fully saturated rings. The standard InChI is InChI=1S/C19H27FN4O4S/c1-10(2)14-7-13(20)8-15(11(3)4)17(14)23-19(25)24-29(26,27)16-9-21-12(5)22-18(16)28-6/h7-11,19,23-25H,1-6H3. The third kappa shape index (κ3) is 5.40. The van der Waals surface area contributed by atoms with Gasteiger partial charge in [-0.3, -0.25) is 0 Å². The fourth-order valence-corrected chi connectivity index (χ4v) is 3.90. The van der Waals surface area contributed by atoms with E-state index >= 15 is 0 Å². The van der Waals surface area contributed by atoms with Crippen molar-refractivity contribution in [3.05, 3.63) is 41.1 Å². The molecule has 0 spiro atoms. The molecule has 0 aliphatic rings. The van der Waals surface area contributed by atoms with E-state index in [0.717, 1.165) is 6.20 Å². The quantitative estimate of drug-likeness (QED) is 0.556. The molecule has 160 valence electrons. The maximum atomic E-state index is 14.0. The third-order valence-electron chi connectivity index (χ3n) is 4.28. The normalized spacial score (nSPS) is 13.0. The van der Waals surface area contributed by atoms with Crippen LogP contribution in [0.1, 0.15) is 56.5 Å². The second kappa shape index (κ2) is 9.02. The number of aliphatic hydroxyl groups is 1. The molecule has 0 radical (unpaired) electrons. The van der Waals surface area contributed by atoms with Crippen molar-refractivity contribution in [1.29, 1.82) is 0 Å². The van der Waals surface area contributed by atoms with Crippen molar-refractivity contribution in [2.45, 2.75) is 57.7 Å². The second-order valence-electron chi connectivity index (χ2n) is 7.23. The summed E-state index contributed by atoms with van der Waals surface area (Å²) in [5, 5.41) is 13.2. The molecule has 1 heterocycles. The average molecular weight is 427 g/mol. The highest BCUT2D eigenvalue weighted by Gasteiger charge is 2.26. The maximum Gasteiger partial charge on any atom is 0.251 e. The Hall–Kier alpha value is -2.30. The number of halogens is 1. The zero-order valence-corrected chi connectivity index (χ0v) is 18.1. The first-order chi connectivity index (χ1) is 13.5. The number of nitrogens with one attached hydrogen (secondary N) is 2. The van der Waals surface area contributed by atoms with Gasteiger partial charge in [0.25, 0.3) is 10.0 Å². The Labute approximate surface area is 170 Å². The van der Waals surface area contributed by atoms with Crippen LogP contribution in [-0.2, 0) is 10.0 Å². The van der Waals surface area contributed by atoms with Crippen molar-refractivity contribution in [2.24, 2.45) is 0 Å². The van der Waals surface area contributed by atoms with E-state index in [1.54, 1.807) is 6.92 Å². The molecule has 1 aromatic carbocycles. The molecule has 3 N–H and O–H groups in total. The summed E-state index contributed by atoms with van der Waals surface area (Å²) in [7, 11) is -2.91. The minimum absolute atomic E-state index is 0.0555. The molecule has 10 heteroatoms. The summed E-state index contributed by atoms with van der Waals surface area (Å²) in [6, 6.07) is 2.74. The minimum Gasteiger partial charge on any atom is -0.480 e. The van der Waals surface area contributed by atoms with Crippen LogP contribution >= 0.6 is 0 Å². The first-order valence-corrected chi connectivity index (χ1v) is 10.6. The van der Waals surface area contributed by atoms with Crippen LogP contribution in [-0.4, -0.2) is 37.0 Å². The number of aromatic nitrogens is 2. The third-order valence-corrected chi connectivity index (χ3v) is 5.67. The van der Waals surface area contributed by atoms with E-state index in [2.05, 4.69) is 20.0 Å². The molecule has 2 rings (SSSR count). The van der Waals surface area contributed by atoms with Gasteiger partial charge in [0.05, 0.1) is 13.3 Å². The summed E-state index contributed by atoms with van der Waals surface area (Å²) >= 11 is 0. The molecule has 0 bridgehead atoms. The molecule has 2 aromatic rings. The van der Waals surface area contributed by atoms with E-state index in [1.807, 2.05) is 27.7 Å². The second-order valence-corrected chi connectivity index (χ2v) is 8.91. The fraction of sp³-hybridized carbons (Fsp3) is 0.474. The minimum atomic E-state index is -4.20. The highest BCUT2D eigenvalue weighted by molar-refractivity contribution is 7.89. The topological polar surface area (TPSA) is 113 Å². The smallest absolute Gasteiger partial charge is 0.251 e. The Morgan fingerprint density at radius 2 is 1.69 bits per heavy atom. The molecule has 1 unspecified atom stereocenters. The number of rotatable bonds is 8. The number of anilines is 1. The number of aliphatic hydroxyl groups excluding tert-OH is 1. The Kier molecular flexibility index (Phi) is 7.15. The molecule has 29 heavy (non-hydrogen) atoms.